The molecule has 1 aromatic heterocycles. The highest BCUT2D eigenvalue weighted by atomic mass is 16.3. The average Bonchev–Trinajstić information content (AvgIpc) is 3.19. The molecule has 0 aliphatic heterocycles. The molecule has 1 N–H and O–H groups in total. The molecule has 1 saturated carbocycles. The fourth-order valence-corrected chi connectivity index (χ4v) is 2.81. The van der Waals surface area contributed by atoms with E-state index in [0.29, 0.717) is 6.04 Å². The van der Waals surface area contributed by atoms with Crippen LogP contribution in [-0.4, -0.2) is 6.54 Å². The lowest BCUT2D eigenvalue weighted by Crippen LogP contribution is -2.20. The van der Waals surface area contributed by atoms with Crippen molar-refractivity contribution in [3.8, 4) is 0 Å². The molecule has 0 saturated heterocycles. The molecule has 1 unspecified atom stereocenters. The molecule has 1 atom stereocenters. The maximum Gasteiger partial charge on any atom is 0.134 e. The third-order valence-corrected chi connectivity index (χ3v) is 4.21. The quantitative estimate of drug-likeness (QED) is 0.766. The molecular formula is C17H23NO. The number of fused-ring (bicyclic) bond motifs is 1. The normalized spacial score (nSPS) is 16.9. The summed E-state index contributed by atoms with van der Waals surface area (Å²) < 4.78 is 5.99. The van der Waals surface area contributed by atoms with Gasteiger partial charge in [-0.2, -0.15) is 0 Å². The molecule has 19 heavy (non-hydrogen) atoms. The van der Waals surface area contributed by atoms with E-state index in [1.54, 1.807) is 0 Å². The Morgan fingerprint density at radius 1 is 1.32 bits per heavy atom. The zero-order chi connectivity index (χ0) is 13.2. The Balaban J connectivity index is 1.63. The number of hydrogen-bond acceptors (Lipinski definition) is 2. The zero-order valence-electron chi connectivity index (χ0n) is 11.9. The third-order valence-electron chi connectivity index (χ3n) is 4.21. The summed E-state index contributed by atoms with van der Waals surface area (Å²) in [6.07, 6.45) is 5.59. The predicted octanol–water partition coefficient (Wildman–Crippen LogP) is 4.58. The van der Waals surface area contributed by atoms with Crippen LogP contribution in [0.1, 0.15) is 50.0 Å². The van der Waals surface area contributed by atoms with Crippen molar-refractivity contribution in [2.45, 2.75) is 45.6 Å². The molecule has 2 heteroatoms. The van der Waals surface area contributed by atoms with E-state index in [-0.39, 0.29) is 0 Å². The highest BCUT2D eigenvalue weighted by Crippen LogP contribution is 2.33. The molecule has 1 fully saturated rings. The summed E-state index contributed by atoms with van der Waals surface area (Å²) in [5.41, 5.74) is 2.28. The Hall–Kier alpha value is -1.28. The van der Waals surface area contributed by atoms with Crippen LogP contribution in [-0.2, 0) is 0 Å². The molecular weight excluding hydrogens is 234 g/mol. The van der Waals surface area contributed by atoms with Gasteiger partial charge >= 0.3 is 0 Å². The summed E-state index contributed by atoms with van der Waals surface area (Å²) in [5, 5.41) is 4.83. The van der Waals surface area contributed by atoms with E-state index in [0.717, 1.165) is 23.8 Å². The molecule has 0 radical (unpaired) electrons. The lowest BCUT2D eigenvalue weighted by atomic mass is 10.1. The van der Waals surface area contributed by atoms with Crippen LogP contribution in [0.2, 0.25) is 0 Å². The van der Waals surface area contributed by atoms with Crippen molar-refractivity contribution in [3.63, 3.8) is 0 Å². The Labute approximate surface area is 115 Å². The first-order valence-electron chi connectivity index (χ1n) is 7.47. The van der Waals surface area contributed by atoms with Crippen molar-refractivity contribution in [1.82, 2.24) is 5.32 Å². The molecule has 0 bridgehead atoms. The van der Waals surface area contributed by atoms with Gasteiger partial charge in [-0.1, -0.05) is 31.0 Å². The molecule has 2 aromatic rings. The van der Waals surface area contributed by atoms with E-state index < -0.39 is 0 Å². The van der Waals surface area contributed by atoms with Gasteiger partial charge < -0.3 is 9.73 Å². The summed E-state index contributed by atoms with van der Waals surface area (Å²) in [4.78, 5) is 0. The minimum atomic E-state index is 0.298. The summed E-state index contributed by atoms with van der Waals surface area (Å²) in [7, 11) is 0. The molecule has 102 valence electrons. The van der Waals surface area contributed by atoms with Crippen molar-refractivity contribution < 1.29 is 4.42 Å². The van der Waals surface area contributed by atoms with Crippen LogP contribution in [0.3, 0.4) is 0 Å². The molecule has 0 spiro atoms. The molecule has 1 heterocycles. The Bertz CT molecular complexity index is 553. The van der Waals surface area contributed by atoms with Crippen molar-refractivity contribution in [3.05, 3.63) is 35.6 Å². The minimum Gasteiger partial charge on any atom is -0.459 e. The van der Waals surface area contributed by atoms with Crippen molar-refractivity contribution >= 4 is 11.0 Å². The average molecular weight is 257 g/mol. The van der Waals surface area contributed by atoms with Gasteiger partial charge in [0.25, 0.3) is 0 Å². The molecule has 2 nitrogen and oxygen atoms in total. The van der Waals surface area contributed by atoms with Gasteiger partial charge in [0, 0.05) is 5.39 Å². The summed E-state index contributed by atoms with van der Waals surface area (Å²) in [6, 6.07) is 8.58. The van der Waals surface area contributed by atoms with Gasteiger partial charge in [-0.05, 0) is 50.8 Å². The second kappa shape index (κ2) is 5.38. The number of benzene rings is 1. The summed E-state index contributed by atoms with van der Waals surface area (Å²) >= 11 is 0. The summed E-state index contributed by atoms with van der Waals surface area (Å²) in [5.74, 6) is 2.12. The smallest absolute Gasteiger partial charge is 0.134 e. The third kappa shape index (κ3) is 2.84. The van der Waals surface area contributed by atoms with Crippen LogP contribution >= 0.6 is 0 Å². The van der Waals surface area contributed by atoms with Crippen LogP contribution in [0.4, 0.5) is 0 Å². The van der Waals surface area contributed by atoms with Gasteiger partial charge in [0.1, 0.15) is 11.3 Å². The number of rotatable bonds is 6. The van der Waals surface area contributed by atoms with Gasteiger partial charge in [-0.15, -0.1) is 0 Å². The molecule has 0 amide bonds. The van der Waals surface area contributed by atoms with Crippen LogP contribution in [0.15, 0.2) is 28.7 Å². The first-order valence-corrected chi connectivity index (χ1v) is 7.47. The van der Waals surface area contributed by atoms with E-state index in [2.05, 4.69) is 31.3 Å². The Kier molecular flexibility index (Phi) is 3.61. The predicted molar refractivity (Wildman–Crippen MR) is 79.3 cm³/mol. The second-order valence-electron chi connectivity index (χ2n) is 5.85. The number of hydrogen-bond donors (Lipinski definition) is 1. The monoisotopic (exact) mass is 257 g/mol. The standard InChI is InChI=1S/C17H23NO/c1-12-15-7-3-4-8-16(15)19-17(12)13(2)18-11-5-6-14-9-10-14/h3-4,7-8,13-14,18H,5-6,9-11H2,1-2H3. The van der Waals surface area contributed by atoms with Crippen molar-refractivity contribution in [2.75, 3.05) is 6.54 Å². The maximum atomic E-state index is 5.99. The van der Waals surface area contributed by atoms with E-state index >= 15 is 0 Å². The van der Waals surface area contributed by atoms with Crippen molar-refractivity contribution in [1.29, 1.82) is 0 Å². The van der Waals surface area contributed by atoms with Gasteiger partial charge in [0.2, 0.25) is 0 Å². The van der Waals surface area contributed by atoms with Gasteiger partial charge in [-0.3, -0.25) is 0 Å². The molecule has 3 rings (SSSR count). The van der Waals surface area contributed by atoms with Gasteiger partial charge in [0.15, 0.2) is 0 Å². The highest BCUT2D eigenvalue weighted by Gasteiger charge is 2.20. The van der Waals surface area contributed by atoms with E-state index in [1.807, 2.05) is 12.1 Å². The van der Waals surface area contributed by atoms with E-state index in [4.69, 9.17) is 4.42 Å². The van der Waals surface area contributed by atoms with Crippen LogP contribution in [0.5, 0.6) is 0 Å². The molecule has 1 aromatic carbocycles. The molecule has 1 aliphatic carbocycles. The lowest BCUT2D eigenvalue weighted by Gasteiger charge is -2.12. The molecule has 1 aliphatic rings. The zero-order valence-corrected chi connectivity index (χ0v) is 11.9. The minimum absolute atomic E-state index is 0.298. The first kappa shape index (κ1) is 12.7. The first-order chi connectivity index (χ1) is 9.25. The number of aryl methyl sites for hydroxylation is 1. The Morgan fingerprint density at radius 2 is 2.11 bits per heavy atom. The van der Waals surface area contributed by atoms with E-state index in [1.165, 1.54) is 36.6 Å². The van der Waals surface area contributed by atoms with Gasteiger partial charge in [-0.25, -0.2) is 0 Å². The van der Waals surface area contributed by atoms with Crippen LogP contribution < -0.4 is 5.32 Å². The highest BCUT2D eigenvalue weighted by molar-refractivity contribution is 5.82. The summed E-state index contributed by atoms with van der Waals surface area (Å²) in [6.45, 7) is 5.44. The number of furan rings is 1. The van der Waals surface area contributed by atoms with Crippen LogP contribution in [0.25, 0.3) is 11.0 Å². The largest absolute Gasteiger partial charge is 0.459 e. The topological polar surface area (TPSA) is 25.2 Å². The van der Waals surface area contributed by atoms with Crippen LogP contribution in [0, 0.1) is 12.8 Å². The fourth-order valence-electron chi connectivity index (χ4n) is 2.81. The maximum absolute atomic E-state index is 5.99. The number of para-hydroxylation sites is 1. The van der Waals surface area contributed by atoms with E-state index in [9.17, 15) is 0 Å². The second-order valence-corrected chi connectivity index (χ2v) is 5.85. The van der Waals surface area contributed by atoms with Gasteiger partial charge in [0.05, 0.1) is 6.04 Å². The van der Waals surface area contributed by atoms with Crippen molar-refractivity contribution in [2.24, 2.45) is 5.92 Å². The Morgan fingerprint density at radius 3 is 2.84 bits per heavy atom. The number of nitrogens with one attached hydrogen (secondary N) is 1. The SMILES string of the molecule is Cc1c(C(C)NCCCC2CC2)oc2ccccc12. The lowest BCUT2D eigenvalue weighted by molar-refractivity contribution is 0.440. The fraction of sp³-hybridized carbons (Fsp3) is 0.529.